The third-order valence-electron chi connectivity index (χ3n) is 2.44. The van der Waals surface area contributed by atoms with Crippen molar-refractivity contribution < 1.29 is 9.53 Å². The van der Waals surface area contributed by atoms with Crippen LogP contribution < -0.4 is 5.32 Å². The summed E-state index contributed by atoms with van der Waals surface area (Å²) in [5.41, 5.74) is 2.37. The molecule has 0 radical (unpaired) electrons. The third-order valence-corrected chi connectivity index (χ3v) is 2.64. The van der Waals surface area contributed by atoms with E-state index in [1.807, 2.05) is 12.1 Å². The van der Waals surface area contributed by atoms with Crippen LogP contribution in [0, 0.1) is 0 Å². The van der Waals surface area contributed by atoms with Gasteiger partial charge in [-0.25, -0.2) is 4.98 Å². The maximum Gasteiger partial charge on any atom is 0.242 e. The lowest BCUT2D eigenvalue weighted by molar-refractivity contribution is -0.115. The Balaban J connectivity index is 2.24. The number of alkyl halides is 1. The molecule has 1 unspecified atom stereocenters. The van der Waals surface area contributed by atoms with Crippen LogP contribution in [0.4, 0.5) is 5.69 Å². The van der Waals surface area contributed by atoms with Crippen molar-refractivity contribution in [3.63, 3.8) is 0 Å². The third kappa shape index (κ3) is 2.80. The van der Waals surface area contributed by atoms with Crippen molar-refractivity contribution in [2.24, 2.45) is 0 Å². The number of ether oxygens (including phenoxy) is 1. The zero-order valence-corrected chi connectivity index (χ0v) is 10.9. The van der Waals surface area contributed by atoms with Crippen LogP contribution in [0.25, 0.3) is 11.0 Å². The summed E-state index contributed by atoms with van der Waals surface area (Å²) in [6, 6.07) is 5.44. The molecule has 0 aliphatic heterocycles. The molecule has 1 aromatic heterocycles. The SMILES string of the molecule is COCc1nc2ccc(NC(=O)C(C)Cl)cc2[nH]1. The summed E-state index contributed by atoms with van der Waals surface area (Å²) in [6.45, 7) is 2.05. The highest BCUT2D eigenvalue weighted by molar-refractivity contribution is 6.32. The van der Waals surface area contributed by atoms with Crippen molar-refractivity contribution in [2.45, 2.75) is 18.9 Å². The molecule has 0 saturated heterocycles. The number of methoxy groups -OCH3 is 1. The minimum Gasteiger partial charge on any atom is -0.377 e. The van der Waals surface area contributed by atoms with E-state index < -0.39 is 5.38 Å². The molecular weight excluding hydrogens is 254 g/mol. The van der Waals surface area contributed by atoms with E-state index in [1.54, 1.807) is 20.1 Å². The van der Waals surface area contributed by atoms with Crippen LogP contribution >= 0.6 is 11.6 Å². The number of carbonyl (C=O) groups excluding carboxylic acids is 1. The summed E-state index contributed by atoms with van der Waals surface area (Å²) in [4.78, 5) is 18.9. The van der Waals surface area contributed by atoms with Gasteiger partial charge in [-0.3, -0.25) is 4.79 Å². The quantitative estimate of drug-likeness (QED) is 0.835. The Morgan fingerprint density at radius 1 is 1.61 bits per heavy atom. The number of hydrogen-bond donors (Lipinski definition) is 2. The fourth-order valence-electron chi connectivity index (χ4n) is 1.59. The summed E-state index contributed by atoms with van der Waals surface area (Å²) in [5, 5.41) is 2.16. The number of amides is 1. The standard InChI is InChI=1S/C12H14ClN3O2/c1-7(13)12(17)14-8-3-4-9-10(5-8)16-11(15-9)6-18-2/h3-5,7H,6H2,1-2H3,(H,14,17)(H,15,16). The Hall–Kier alpha value is -1.59. The van der Waals surface area contributed by atoms with E-state index in [9.17, 15) is 4.79 Å². The molecule has 1 aromatic carbocycles. The number of nitrogens with zero attached hydrogens (tertiary/aromatic N) is 1. The molecule has 0 bridgehead atoms. The topological polar surface area (TPSA) is 67.0 Å². The molecule has 2 N–H and O–H groups in total. The minimum absolute atomic E-state index is 0.229. The number of nitrogens with one attached hydrogen (secondary N) is 2. The van der Waals surface area contributed by atoms with Gasteiger partial charge in [0.25, 0.3) is 0 Å². The lowest BCUT2D eigenvalue weighted by atomic mass is 10.2. The molecule has 96 valence electrons. The second-order valence-electron chi connectivity index (χ2n) is 3.95. The normalized spacial score (nSPS) is 12.6. The fourth-order valence-corrected chi connectivity index (χ4v) is 1.64. The molecule has 6 heteroatoms. The first kappa shape index (κ1) is 12.9. The number of imidazole rings is 1. The van der Waals surface area contributed by atoms with E-state index in [0.29, 0.717) is 12.3 Å². The van der Waals surface area contributed by atoms with Crippen LogP contribution in [-0.2, 0) is 16.1 Å². The first-order valence-electron chi connectivity index (χ1n) is 5.52. The molecule has 1 heterocycles. The number of H-pyrrole nitrogens is 1. The van der Waals surface area contributed by atoms with Gasteiger partial charge in [-0.15, -0.1) is 11.6 Å². The molecule has 0 aliphatic carbocycles. The summed E-state index contributed by atoms with van der Waals surface area (Å²) in [7, 11) is 1.61. The van der Waals surface area contributed by atoms with Gasteiger partial charge in [0, 0.05) is 12.8 Å². The molecule has 2 rings (SSSR count). The number of hydrogen-bond acceptors (Lipinski definition) is 3. The smallest absolute Gasteiger partial charge is 0.242 e. The van der Waals surface area contributed by atoms with Crippen LogP contribution in [0.2, 0.25) is 0 Å². The Bertz CT molecular complexity index is 565. The van der Waals surface area contributed by atoms with Gasteiger partial charge >= 0.3 is 0 Å². The molecule has 0 saturated carbocycles. The van der Waals surface area contributed by atoms with Crippen LogP contribution in [0.1, 0.15) is 12.7 Å². The van der Waals surface area contributed by atoms with Crippen molar-refractivity contribution in [3.05, 3.63) is 24.0 Å². The van der Waals surface area contributed by atoms with E-state index in [2.05, 4.69) is 15.3 Å². The number of aromatic nitrogens is 2. The second-order valence-corrected chi connectivity index (χ2v) is 4.61. The number of carbonyl (C=O) groups is 1. The number of anilines is 1. The maximum absolute atomic E-state index is 11.5. The summed E-state index contributed by atoms with van der Waals surface area (Å²) in [6.07, 6.45) is 0. The monoisotopic (exact) mass is 267 g/mol. The molecule has 0 fully saturated rings. The number of aromatic amines is 1. The highest BCUT2D eigenvalue weighted by Crippen LogP contribution is 2.18. The van der Waals surface area contributed by atoms with Gasteiger partial charge in [0.1, 0.15) is 17.8 Å². The van der Waals surface area contributed by atoms with Gasteiger partial charge in [0.15, 0.2) is 0 Å². The van der Waals surface area contributed by atoms with Crippen LogP contribution in [0.15, 0.2) is 18.2 Å². The summed E-state index contributed by atoms with van der Waals surface area (Å²) < 4.78 is 5.00. The van der Waals surface area contributed by atoms with Gasteiger partial charge in [-0.05, 0) is 25.1 Å². The molecule has 1 atom stereocenters. The van der Waals surface area contributed by atoms with E-state index >= 15 is 0 Å². The van der Waals surface area contributed by atoms with Gasteiger partial charge in [0.05, 0.1) is 11.0 Å². The van der Waals surface area contributed by atoms with Crippen molar-refractivity contribution in [1.82, 2.24) is 9.97 Å². The molecule has 0 spiro atoms. The average molecular weight is 268 g/mol. The highest BCUT2D eigenvalue weighted by Gasteiger charge is 2.10. The molecule has 2 aromatic rings. The van der Waals surface area contributed by atoms with E-state index in [0.717, 1.165) is 16.9 Å². The van der Waals surface area contributed by atoms with Crippen LogP contribution in [0.5, 0.6) is 0 Å². The Kier molecular flexibility index (Phi) is 3.84. The number of rotatable bonds is 4. The first-order chi connectivity index (χ1) is 8.60. The van der Waals surface area contributed by atoms with Crippen LogP contribution in [-0.4, -0.2) is 28.4 Å². The van der Waals surface area contributed by atoms with Gasteiger partial charge < -0.3 is 15.0 Å². The Labute approximate surface area is 109 Å². The molecule has 5 nitrogen and oxygen atoms in total. The number of halogens is 1. The highest BCUT2D eigenvalue weighted by atomic mass is 35.5. The van der Waals surface area contributed by atoms with Gasteiger partial charge in [-0.2, -0.15) is 0 Å². The van der Waals surface area contributed by atoms with Crippen LogP contribution in [0.3, 0.4) is 0 Å². The Morgan fingerprint density at radius 2 is 2.39 bits per heavy atom. The molecular formula is C12H14ClN3O2. The second kappa shape index (κ2) is 5.37. The average Bonchev–Trinajstić information content (AvgIpc) is 2.71. The van der Waals surface area contributed by atoms with E-state index in [-0.39, 0.29) is 5.91 Å². The van der Waals surface area contributed by atoms with E-state index in [4.69, 9.17) is 16.3 Å². The maximum atomic E-state index is 11.5. The zero-order chi connectivity index (χ0) is 13.1. The lowest BCUT2D eigenvalue weighted by Crippen LogP contribution is -2.20. The number of fused-ring (bicyclic) bond motifs is 1. The van der Waals surface area contributed by atoms with Crippen molar-refractivity contribution >= 4 is 34.2 Å². The van der Waals surface area contributed by atoms with Crippen molar-refractivity contribution in [3.8, 4) is 0 Å². The van der Waals surface area contributed by atoms with Crippen molar-refractivity contribution in [2.75, 3.05) is 12.4 Å². The molecule has 0 aliphatic rings. The number of benzene rings is 1. The molecule has 1 amide bonds. The Morgan fingerprint density at radius 3 is 3.06 bits per heavy atom. The fraction of sp³-hybridized carbons (Fsp3) is 0.333. The van der Waals surface area contributed by atoms with Gasteiger partial charge in [-0.1, -0.05) is 0 Å². The lowest BCUT2D eigenvalue weighted by Gasteiger charge is -2.05. The van der Waals surface area contributed by atoms with Crippen molar-refractivity contribution in [1.29, 1.82) is 0 Å². The predicted octanol–water partition coefficient (Wildman–Crippen LogP) is 2.28. The predicted molar refractivity (Wildman–Crippen MR) is 70.8 cm³/mol. The summed E-state index contributed by atoms with van der Waals surface area (Å²) >= 11 is 5.69. The molecule has 18 heavy (non-hydrogen) atoms. The zero-order valence-electron chi connectivity index (χ0n) is 10.2. The minimum atomic E-state index is -0.563. The van der Waals surface area contributed by atoms with E-state index in [1.165, 1.54) is 0 Å². The first-order valence-corrected chi connectivity index (χ1v) is 5.96. The summed E-state index contributed by atoms with van der Waals surface area (Å²) in [5.74, 6) is 0.523. The largest absolute Gasteiger partial charge is 0.377 e. The van der Waals surface area contributed by atoms with Gasteiger partial charge in [0.2, 0.25) is 5.91 Å².